The van der Waals surface area contributed by atoms with Gasteiger partial charge in [0.25, 0.3) is 5.91 Å². The van der Waals surface area contributed by atoms with Crippen molar-refractivity contribution in [2.24, 2.45) is 5.73 Å². The molecule has 1 heterocycles. The highest BCUT2D eigenvalue weighted by molar-refractivity contribution is 5.98. The van der Waals surface area contributed by atoms with Crippen molar-refractivity contribution in [3.8, 4) is 5.75 Å². The van der Waals surface area contributed by atoms with Gasteiger partial charge in [-0.25, -0.2) is 0 Å². The van der Waals surface area contributed by atoms with Crippen LogP contribution in [0.2, 0.25) is 0 Å². The molecule has 1 atom stereocenters. The van der Waals surface area contributed by atoms with Crippen LogP contribution in [-0.4, -0.2) is 68.1 Å². The topological polar surface area (TPSA) is 70.8 Å². The Labute approximate surface area is 173 Å². The van der Waals surface area contributed by atoms with E-state index in [9.17, 15) is 4.79 Å². The zero-order valence-electron chi connectivity index (χ0n) is 17.4. The Hall–Kier alpha value is -2.57. The number of hydrogen-bond acceptors (Lipinski definition) is 5. The lowest BCUT2D eigenvalue weighted by Crippen LogP contribution is -2.50. The molecule has 1 aliphatic rings. The quantitative estimate of drug-likeness (QED) is 0.681. The van der Waals surface area contributed by atoms with Crippen LogP contribution >= 0.6 is 0 Å². The number of para-hydroxylation sites is 1. The van der Waals surface area contributed by atoms with Gasteiger partial charge in [-0.1, -0.05) is 24.3 Å². The molecule has 0 aliphatic carbocycles. The number of nitrogens with two attached hydrogens (primary N) is 1. The number of primary amides is 1. The molecule has 1 saturated heterocycles. The third-order valence-electron chi connectivity index (χ3n) is 5.63. The van der Waals surface area contributed by atoms with E-state index in [1.165, 1.54) is 5.56 Å². The molecule has 6 heteroatoms. The molecule has 29 heavy (non-hydrogen) atoms. The number of rotatable bonds is 9. The number of benzene rings is 2. The van der Waals surface area contributed by atoms with Gasteiger partial charge < -0.3 is 15.8 Å². The van der Waals surface area contributed by atoms with Crippen molar-refractivity contribution in [3.63, 3.8) is 0 Å². The Morgan fingerprint density at radius 3 is 2.62 bits per heavy atom. The molecule has 1 aliphatic heterocycles. The van der Waals surface area contributed by atoms with Crippen LogP contribution in [0.5, 0.6) is 5.75 Å². The van der Waals surface area contributed by atoms with Crippen molar-refractivity contribution in [3.05, 3.63) is 59.7 Å². The summed E-state index contributed by atoms with van der Waals surface area (Å²) in [7, 11) is 1.71. The molecule has 0 aromatic heterocycles. The van der Waals surface area contributed by atoms with E-state index in [1.54, 1.807) is 13.2 Å². The minimum atomic E-state index is -0.397. The minimum absolute atomic E-state index is 0.397. The standard InChI is InChI=1S/C23H32N4O2/c1-18(16-19-6-5-7-20(17-19)29-2)27-14-12-26(13-15-27)11-10-25-22-9-4-3-8-21(22)23(24)28/h3-9,17-18,25H,10-16H2,1-2H3,(H2,24,28). The molecule has 0 radical (unpaired) electrons. The summed E-state index contributed by atoms with van der Waals surface area (Å²) < 4.78 is 5.33. The van der Waals surface area contributed by atoms with Gasteiger partial charge in [0.2, 0.25) is 0 Å². The maximum absolute atomic E-state index is 11.5. The Kier molecular flexibility index (Phi) is 7.49. The van der Waals surface area contributed by atoms with Gasteiger partial charge in [-0.15, -0.1) is 0 Å². The molecule has 0 saturated carbocycles. The van der Waals surface area contributed by atoms with Crippen LogP contribution in [0.25, 0.3) is 0 Å². The van der Waals surface area contributed by atoms with Gasteiger partial charge in [-0.3, -0.25) is 14.6 Å². The lowest BCUT2D eigenvalue weighted by atomic mass is 10.0. The van der Waals surface area contributed by atoms with Crippen molar-refractivity contribution in [1.82, 2.24) is 9.80 Å². The molecule has 2 aromatic carbocycles. The largest absolute Gasteiger partial charge is 0.497 e. The van der Waals surface area contributed by atoms with Gasteiger partial charge in [0.15, 0.2) is 0 Å². The van der Waals surface area contributed by atoms with E-state index in [0.29, 0.717) is 11.6 Å². The highest BCUT2D eigenvalue weighted by Crippen LogP contribution is 2.17. The fraction of sp³-hybridized carbons (Fsp3) is 0.435. The van der Waals surface area contributed by atoms with E-state index in [4.69, 9.17) is 10.5 Å². The van der Waals surface area contributed by atoms with Gasteiger partial charge in [0, 0.05) is 51.0 Å². The summed E-state index contributed by atoms with van der Waals surface area (Å²) in [5.74, 6) is 0.525. The lowest BCUT2D eigenvalue weighted by Gasteiger charge is -2.38. The fourth-order valence-electron chi connectivity index (χ4n) is 3.90. The zero-order chi connectivity index (χ0) is 20.6. The molecule has 6 nitrogen and oxygen atoms in total. The van der Waals surface area contributed by atoms with Crippen molar-refractivity contribution >= 4 is 11.6 Å². The smallest absolute Gasteiger partial charge is 0.250 e. The number of ether oxygens (including phenoxy) is 1. The van der Waals surface area contributed by atoms with E-state index in [1.807, 2.05) is 24.3 Å². The first-order valence-electron chi connectivity index (χ1n) is 10.3. The average molecular weight is 397 g/mol. The number of amides is 1. The van der Waals surface area contributed by atoms with Crippen LogP contribution in [-0.2, 0) is 6.42 Å². The molecule has 0 bridgehead atoms. The van der Waals surface area contributed by atoms with Gasteiger partial charge >= 0.3 is 0 Å². The molecule has 1 amide bonds. The Morgan fingerprint density at radius 2 is 1.90 bits per heavy atom. The Balaban J connectivity index is 1.41. The molecule has 3 rings (SSSR count). The number of hydrogen-bond donors (Lipinski definition) is 2. The van der Waals surface area contributed by atoms with Crippen LogP contribution in [0, 0.1) is 0 Å². The van der Waals surface area contributed by atoms with E-state index >= 15 is 0 Å². The molecule has 0 spiro atoms. The number of carbonyl (C=O) groups excluding carboxylic acids is 1. The summed E-state index contributed by atoms with van der Waals surface area (Å²) in [5.41, 5.74) is 8.11. The summed E-state index contributed by atoms with van der Waals surface area (Å²) >= 11 is 0. The van der Waals surface area contributed by atoms with Crippen molar-refractivity contribution in [1.29, 1.82) is 0 Å². The Bertz CT molecular complexity index is 803. The number of anilines is 1. The number of piperazine rings is 1. The summed E-state index contributed by atoms with van der Waals surface area (Å²) in [5, 5.41) is 3.35. The first kappa shape index (κ1) is 21.1. The van der Waals surface area contributed by atoms with E-state index in [-0.39, 0.29) is 0 Å². The minimum Gasteiger partial charge on any atom is -0.497 e. The molecule has 3 N–H and O–H groups in total. The third-order valence-corrected chi connectivity index (χ3v) is 5.63. The molecule has 156 valence electrons. The second-order valence-electron chi connectivity index (χ2n) is 7.62. The molecule has 2 aromatic rings. The normalized spacial score (nSPS) is 16.3. The average Bonchev–Trinajstić information content (AvgIpc) is 2.74. The molecular weight excluding hydrogens is 364 g/mol. The van der Waals surface area contributed by atoms with Gasteiger partial charge in [-0.2, -0.15) is 0 Å². The maximum atomic E-state index is 11.5. The van der Waals surface area contributed by atoms with E-state index < -0.39 is 5.91 Å². The highest BCUT2D eigenvalue weighted by Gasteiger charge is 2.21. The van der Waals surface area contributed by atoms with E-state index in [2.05, 4.69) is 40.2 Å². The number of nitrogens with zero attached hydrogens (tertiary/aromatic N) is 2. The number of methoxy groups -OCH3 is 1. The molecular formula is C23H32N4O2. The predicted molar refractivity (Wildman–Crippen MR) is 118 cm³/mol. The van der Waals surface area contributed by atoms with Crippen LogP contribution in [0.3, 0.4) is 0 Å². The summed E-state index contributed by atoms with van der Waals surface area (Å²) in [6.45, 7) is 8.31. The second kappa shape index (κ2) is 10.3. The van der Waals surface area contributed by atoms with Gasteiger partial charge in [0.05, 0.1) is 12.7 Å². The highest BCUT2D eigenvalue weighted by atomic mass is 16.5. The zero-order valence-corrected chi connectivity index (χ0v) is 17.4. The lowest BCUT2D eigenvalue weighted by molar-refractivity contribution is 0.100. The Morgan fingerprint density at radius 1 is 1.14 bits per heavy atom. The fourth-order valence-corrected chi connectivity index (χ4v) is 3.90. The van der Waals surface area contributed by atoms with Crippen LogP contribution < -0.4 is 15.8 Å². The summed E-state index contributed by atoms with van der Waals surface area (Å²) in [4.78, 5) is 16.5. The summed E-state index contributed by atoms with van der Waals surface area (Å²) in [6, 6.07) is 16.3. The maximum Gasteiger partial charge on any atom is 0.250 e. The predicted octanol–water partition coefficient (Wildman–Crippen LogP) is 2.45. The van der Waals surface area contributed by atoms with Gasteiger partial charge in [0.1, 0.15) is 5.75 Å². The van der Waals surface area contributed by atoms with Gasteiger partial charge in [-0.05, 0) is 43.2 Å². The second-order valence-corrected chi connectivity index (χ2v) is 7.62. The SMILES string of the molecule is COc1cccc(CC(C)N2CCN(CCNc3ccccc3C(N)=O)CC2)c1. The first-order valence-corrected chi connectivity index (χ1v) is 10.3. The summed E-state index contributed by atoms with van der Waals surface area (Å²) in [6.07, 6.45) is 1.03. The van der Waals surface area contributed by atoms with E-state index in [0.717, 1.165) is 57.1 Å². The number of nitrogens with one attached hydrogen (secondary N) is 1. The van der Waals surface area contributed by atoms with Crippen molar-refractivity contribution < 1.29 is 9.53 Å². The third kappa shape index (κ3) is 5.95. The van der Waals surface area contributed by atoms with Crippen LogP contribution in [0.15, 0.2) is 48.5 Å². The molecule has 1 fully saturated rings. The monoisotopic (exact) mass is 396 g/mol. The first-order chi connectivity index (χ1) is 14.1. The van der Waals surface area contributed by atoms with Crippen molar-refractivity contribution in [2.75, 3.05) is 51.7 Å². The molecule has 1 unspecified atom stereocenters. The van der Waals surface area contributed by atoms with Crippen molar-refractivity contribution in [2.45, 2.75) is 19.4 Å². The van der Waals surface area contributed by atoms with Crippen LogP contribution in [0.4, 0.5) is 5.69 Å². The van der Waals surface area contributed by atoms with Crippen LogP contribution in [0.1, 0.15) is 22.8 Å². The number of carbonyl (C=O) groups is 1.